The zero-order chi connectivity index (χ0) is 25.4. The zero-order valence-corrected chi connectivity index (χ0v) is 19.6. The molecule has 0 saturated carbocycles. The van der Waals surface area contributed by atoms with Crippen LogP contribution in [0.4, 0.5) is 18.0 Å². The lowest BCUT2D eigenvalue weighted by atomic mass is 10.00. The maximum absolute atomic E-state index is 13.3. The van der Waals surface area contributed by atoms with Crippen LogP contribution in [0.25, 0.3) is 17.4 Å². The Morgan fingerprint density at radius 3 is 2.50 bits per heavy atom. The van der Waals surface area contributed by atoms with E-state index in [0.29, 0.717) is 31.3 Å². The van der Waals surface area contributed by atoms with Gasteiger partial charge in [-0.2, -0.15) is 13.2 Å². The van der Waals surface area contributed by atoms with Gasteiger partial charge in [0.25, 0.3) is 11.1 Å². The molecule has 0 spiro atoms. The molecule has 1 saturated heterocycles. The van der Waals surface area contributed by atoms with Crippen LogP contribution in [0.3, 0.4) is 0 Å². The van der Waals surface area contributed by atoms with Gasteiger partial charge in [-0.05, 0) is 47.5 Å². The minimum absolute atomic E-state index is 0.0195. The predicted molar refractivity (Wildman–Crippen MR) is 127 cm³/mol. The normalized spacial score (nSPS) is 17.1. The van der Waals surface area contributed by atoms with Crippen LogP contribution >= 0.6 is 11.8 Å². The molecule has 0 atom stereocenters. The van der Waals surface area contributed by atoms with Crippen LogP contribution in [0.2, 0.25) is 0 Å². The Hall–Kier alpha value is -3.79. The molecule has 10 heteroatoms. The molecule has 2 aromatic carbocycles. The van der Waals surface area contributed by atoms with E-state index < -0.39 is 22.9 Å². The van der Waals surface area contributed by atoms with Gasteiger partial charge in [0.1, 0.15) is 18.1 Å². The maximum Gasteiger partial charge on any atom is 0.417 e. The number of hydrogen-bond acceptors (Lipinski definition) is 5. The molecule has 0 unspecified atom stereocenters. The first kappa shape index (κ1) is 23.9. The van der Waals surface area contributed by atoms with Gasteiger partial charge < -0.3 is 9.32 Å². The molecule has 2 aliphatic rings. The van der Waals surface area contributed by atoms with Gasteiger partial charge in [0, 0.05) is 24.7 Å². The van der Waals surface area contributed by atoms with Crippen LogP contribution < -0.4 is 0 Å². The average Bonchev–Trinajstić information content (AvgIpc) is 3.43. The third kappa shape index (κ3) is 4.68. The van der Waals surface area contributed by atoms with E-state index in [0.717, 1.165) is 16.5 Å². The first-order valence-electron chi connectivity index (χ1n) is 11.1. The lowest BCUT2D eigenvalue weighted by Gasteiger charge is -2.29. The number of imide groups is 1. The van der Waals surface area contributed by atoms with Crippen molar-refractivity contribution in [3.63, 3.8) is 0 Å². The van der Waals surface area contributed by atoms with E-state index in [2.05, 4.69) is 0 Å². The number of thioether (sulfide) groups is 1. The Kier molecular flexibility index (Phi) is 6.21. The molecule has 3 heterocycles. The van der Waals surface area contributed by atoms with Crippen molar-refractivity contribution in [2.24, 2.45) is 0 Å². The van der Waals surface area contributed by atoms with E-state index in [4.69, 9.17) is 4.42 Å². The average molecular weight is 513 g/mol. The smallest absolute Gasteiger partial charge is 0.417 e. The molecular weight excluding hydrogens is 493 g/mol. The van der Waals surface area contributed by atoms with Gasteiger partial charge in [0.05, 0.1) is 10.5 Å². The number of fused-ring (bicyclic) bond motifs is 1. The number of alkyl halides is 3. The summed E-state index contributed by atoms with van der Waals surface area (Å²) >= 11 is 0.654. The molecule has 36 heavy (non-hydrogen) atoms. The van der Waals surface area contributed by atoms with Crippen molar-refractivity contribution in [3.8, 4) is 11.3 Å². The first-order chi connectivity index (χ1) is 17.2. The van der Waals surface area contributed by atoms with Crippen LogP contribution in [0.1, 0.15) is 22.5 Å². The Bertz CT molecular complexity index is 1400. The van der Waals surface area contributed by atoms with E-state index in [-0.39, 0.29) is 34.4 Å². The number of benzene rings is 2. The number of nitrogens with zero attached hydrogens (tertiary/aromatic N) is 2. The minimum Gasteiger partial charge on any atom is -0.457 e. The lowest BCUT2D eigenvalue weighted by Crippen LogP contribution is -2.44. The molecular formula is C26H19F3N2O4S. The highest BCUT2D eigenvalue weighted by Crippen LogP contribution is 2.38. The molecule has 0 N–H and O–H groups in total. The standard InChI is InChI=1S/C26H19F3N2O4S/c27-26(28,29)20-8-4-3-7-19(20)21-10-9-18(35-21)13-22-24(33)31(25(34)36-22)15-23(32)30-12-11-16-5-1-2-6-17(16)14-30/h1-10,13H,11-12,14-15H2/b22-13+. The SMILES string of the molecule is O=C(CN1C(=O)S/C(=C/c2ccc(-c3ccccc3C(F)(F)F)o2)C1=O)N1CCc2ccccc2C1. The Balaban J connectivity index is 1.30. The van der Waals surface area contributed by atoms with Crippen LogP contribution in [-0.4, -0.2) is 39.9 Å². The van der Waals surface area contributed by atoms with E-state index >= 15 is 0 Å². The van der Waals surface area contributed by atoms with Crippen LogP contribution in [-0.2, 0) is 28.7 Å². The highest BCUT2D eigenvalue weighted by molar-refractivity contribution is 8.18. The van der Waals surface area contributed by atoms with E-state index in [1.165, 1.54) is 42.0 Å². The van der Waals surface area contributed by atoms with Crippen LogP contribution in [0.15, 0.2) is 70.0 Å². The van der Waals surface area contributed by atoms with E-state index in [1.807, 2.05) is 24.3 Å². The molecule has 2 aliphatic heterocycles. The van der Waals surface area contributed by atoms with Crippen molar-refractivity contribution in [2.75, 3.05) is 13.1 Å². The highest BCUT2D eigenvalue weighted by atomic mass is 32.2. The van der Waals surface area contributed by atoms with E-state index in [1.54, 1.807) is 4.90 Å². The second-order valence-corrected chi connectivity index (χ2v) is 9.34. The van der Waals surface area contributed by atoms with Gasteiger partial charge in [-0.25, -0.2) is 0 Å². The second kappa shape index (κ2) is 9.34. The number of halogens is 3. The minimum atomic E-state index is -4.56. The summed E-state index contributed by atoms with van der Waals surface area (Å²) in [5.74, 6) is -0.887. The number of rotatable bonds is 4. The van der Waals surface area contributed by atoms with Crippen molar-refractivity contribution in [1.82, 2.24) is 9.80 Å². The summed E-state index contributed by atoms with van der Waals surface area (Å²) in [5, 5.41) is -0.591. The zero-order valence-electron chi connectivity index (χ0n) is 18.7. The second-order valence-electron chi connectivity index (χ2n) is 8.35. The summed E-state index contributed by atoms with van der Waals surface area (Å²) in [6, 6.07) is 15.6. The number of carbonyl (C=O) groups is 3. The molecule has 5 rings (SSSR count). The molecule has 0 aliphatic carbocycles. The van der Waals surface area contributed by atoms with Crippen molar-refractivity contribution in [1.29, 1.82) is 0 Å². The fourth-order valence-electron chi connectivity index (χ4n) is 4.23. The highest BCUT2D eigenvalue weighted by Gasteiger charge is 2.38. The van der Waals surface area contributed by atoms with Crippen LogP contribution in [0.5, 0.6) is 0 Å². The molecule has 184 valence electrons. The molecule has 3 amide bonds. The summed E-state index contributed by atoms with van der Waals surface area (Å²) in [5.41, 5.74) is 1.23. The Labute approximate surface area is 208 Å². The predicted octanol–water partition coefficient (Wildman–Crippen LogP) is 5.59. The molecule has 0 radical (unpaired) electrons. The topological polar surface area (TPSA) is 70.8 Å². The van der Waals surface area contributed by atoms with Gasteiger partial charge in [0.15, 0.2) is 0 Å². The summed E-state index contributed by atoms with van der Waals surface area (Å²) < 4.78 is 45.6. The molecule has 3 aromatic rings. The van der Waals surface area contributed by atoms with Gasteiger partial charge in [-0.15, -0.1) is 0 Å². The largest absolute Gasteiger partial charge is 0.457 e. The van der Waals surface area contributed by atoms with Crippen molar-refractivity contribution < 1.29 is 32.0 Å². The molecule has 0 bridgehead atoms. The van der Waals surface area contributed by atoms with Crippen molar-refractivity contribution in [3.05, 3.63) is 88.0 Å². The number of carbonyl (C=O) groups excluding carboxylic acids is 3. The Morgan fingerprint density at radius 1 is 1.00 bits per heavy atom. The van der Waals surface area contributed by atoms with Gasteiger partial charge in [-0.3, -0.25) is 19.3 Å². The fraction of sp³-hybridized carbons (Fsp3) is 0.192. The molecule has 1 aromatic heterocycles. The fourth-order valence-corrected chi connectivity index (χ4v) is 5.05. The van der Waals surface area contributed by atoms with E-state index in [9.17, 15) is 27.6 Å². The van der Waals surface area contributed by atoms with Gasteiger partial charge >= 0.3 is 6.18 Å². The monoisotopic (exact) mass is 512 g/mol. The Morgan fingerprint density at radius 2 is 1.72 bits per heavy atom. The number of furan rings is 1. The molecule has 1 fully saturated rings. The number of amides is 3. The lowest BCUT2D eigenvalue weighted by molar-refractivity contribution is -0.137. The summed E-state index contributed by atoms with van der Waals surface area (Å²) in [7, 11) is 0. The van der Waals surface area contributed by atoms with Gasteiger partial charge in [0.2, 0.25) is 5.91 Å². The number of hydrogen-bond donors (Lipinski definition) is 0. The summed E-state index contributed by atoms with van der Waals surface area (Å²) in [6.45, 7) is 0.526. The summed E-state index contributed by atoms with van der Waals surface area (Å²) in [4.78, 5) is 40.7. The molecule has 6 nitrogen and oxygen atoms in total. The third-order valence-electron chi connectivity index (χ3n) is 6.05. The van der Waals surface area contributed by atoms with Crippen molar-refractivity contribution >= 4 is 34.9 Å². The maximum atomic E-state index is 13.3. The van der Waals surface area contributed by atoms with Crippen molar-refractivity contribution in [2.45, 2.75) is 19.1 Å². The first-order valence-corrected chi connectivity index (χ1v) is 11.9. The third-order valence-corrected chi connectivity index (χ3v) is 6.96. The summed E-state index contributed by atoms with van der Waals surface area (Å²) in [6.07, 6.45) is -2.57. The van der Waals surface area contributed by atoms with Gasteiger partial charge in [-0.1, -0.05) is 42.5 Å². The quantitative estimate of drug-likeness (QED) is 0.427. The van der Waals surface area contributed by atoms with Crippen LogP contribution in [0, 0.1) is 0 Å².